The minimum absolute atomic E-state index is 0.0375. The number of likely N-dealkylation sites (tertiary alicyclic amines) is 1. The van der Waals surface area contributed by atoms with Gasteiger partial charge in [-0.15, -0.1) is 0 Å². The van der Waals surface area contributed by atoms with Crippen LogP contribution in [0.2, 0.25) is 0 Å². The van der Waals surface area contributed by atoms with Crippen LogP contribution in [0.3, 0.4) is 0 Å². The summed E-state index contributed by atoms with van der Waals surface area (Å²) in [5, 5.41) is 9.46. The fourth-order valence-electron chi connectivity index (χ4n) is 2.65. The van der Waals surface area contributed by atoms with Gasteiger partial charge in [0.1, 0.15) is 0 Å². The van der Waals surface area contributed by atoms with Gasteiger partial charge in [-0.25, -0.2) is 0 Å². The molecule has 0 radical (unpaired) electrons. The van der Waals surface area contributed by atoms with Crippen molar-refractivity contribution in [2.75, 3.05) is 19.6 Å². The summed E-state index contributed by atoms with van der Waals surface area (Å²) in [6.07, 6.45) is 2.03. The number of nitrogens with zero attached hydrogens (tertiary/aromatic N) is 1. The second-order valence-electron chi connectivity index (χ2n) is 5.57. The quantitative estimate of drug-likeness (QED) is 0.828. The van der Waals surface area contributed by atoms with E-state index in [4.69, 9.17) is 0 Å². The van der Waals surface area contributed by atoms with Crippen molar-refractivity contribution in [3.63, 3.8) is 0 Å². The molecule has 0 aromatic heterocycles. The normalized spacial score (nSPS) is 19.3. The number of carbonyl (C=O) groups is 1. The van der Waals surface area contributed by atoms with E-state index in [9.17, 15) is 9.90 Å². The molecule has 2 rings (SSSR count). The zero-order valence-electron chi connectivity index (χ0n) is 11.8. The van der Waals surface area contributed by atoms with E-state index < -0.39 is 6.10 Å². The summed E-state index contributed by atoms with van der Waals surface area (Å²) < 4.78 is 0. The van der Waals surface area contributed by atoms with Crippen LogP contribution >= 0.6 is 0 Å². The van der Waals surface area contributed by atoms with Gasteiger partial charge in [0, 0.05) is 18.0 Å². The average molecular weight is 261 g/mol. The smallest absolute Gasteiger partial charge is 0.166 e. The first-order valence-corrected chi connectivity index (χ1v) is 7.12. The van der Waals surface area contributed by atoms with Gasteiger partial charge < -0.3 is 10.0 Å². The molecular formula is C16H23NO2. The molecule has 1 heterocycles. The van der Waals surface area contributed by atoms with E-state index in [1.54, 1.807) is 6.92 Å². The molecule has 3 nitrogen and oxygen atoms in total. The third kappa shape index (κ3) is 3.64. The van der Waals surface area contributed by atoms with Gasteiger partial charge in [0.25, 0.3) is 0 Å². The molecule has 1 aromatic carbocycles. The first-order chi connectivity index (χ1) is 9.08. The summed E-state index contributed by atoms with van der Waals surface area (Å²) in [4.78, 5) is 14.7. The summed E-state index contributed by atoms with van der Waals surface area (Å²) in [7, 11) is 0. The lowest BCUT2D eigenvalue weighted by Gasteiger charge is -2.19. The fourth-order valence-corrected chi connectivity index (χ4v) is 2.65. The van der Waals surface area contributed by atoms with Gasteiger partial charge >= 0.3 is 0 Å². The van der Waals surface area contributed by atoms with E-state index in [2.05, 4.69) is 4.90 Å². The highest BCUT2D eigenvalue weighted by Gasteiger charge is 2.20. The van der Waals surface area contributed by atoms with Crippen LogP contribution in [-0.4, -0.2) is 35.4 Å². The largest absolute Gasteiger partial charge is 0.389 e. The number of aliphatic hydroxyl groups is 1. The molecule has 0 spiro atoms. The van der Waals surface area contributed by atoms with Crippen molar-refractivity contribution in [1.29, 1.82) is 0 Å². The lowest BCUT2D eigenvalue weighted by Crippen LogP contribution is -2.29. The third-order valence-electron chi connectivity index (χ3n) is 3.86. The zero-order valence-corrected chi connectivity index (χ0v) is 11.8. The van der Waals surface area contributed by atoms with Crippen molar-refractivity contribution < 1.29 is 9.90 Å². The minimum atomic E-state index is -0.480. The molecule has 1 aliphatic heterocycles. The van der Waals surface area contributed by atoms with Crippen LogP contribution in [0.15, 0.2) is 24.3 Å². The van der Waals surface area contributed by atoms with E-state index >= 15 is 0 Å². The summed E-state index contributed by atoms with van der Waals surface area (Å²) in [6.45, 7) is 6.84. The van der Waals surface area contributed by atoms with Crippen LogP contribution in [-0.2, 0) is 0 Å². The van der Waals surface area contributed by atoms with E-state index in [1.165, 1.54) is 12.8 Å². The second kappa shape index (κ2) is 6.31. The molecule has 1 aliphatic rings. The highest BCUT2D eigenvalue weighted by molar-refractivity contribution is 5.97. The highest BCUT2D eigenvalue weighted by atomic mass is 16.3. The van der Waals surface area contributed by atoms with E-state index in [0.29, 0.717) is 0 Å². The average Bonchev–Trinajstić information content (AvgIpc) is 2.90. The Bertz CT molecular complexity index is 419. The SMILES string of the molecule is CC(CN1CCCC1)C(=O)c1ccc(C(C)O)cc1. The minimum Gasteiger partial charge on any atom is -0.389 e. The summed E-state index contributed by atoms with van der Waals surface area (Å²) in [6, 6.07) is 7.32. The molecule has 1 aromatic rings. The monoisotopic (exact) mass is 261 g/mol. The van der Waals surface area contributed by atoms with Crippen molar-refractivity contribution in [3.05, 3.63) is 35.4 Å². The molecule has 1 fully saturated rings. The number of hydrogen-bond donors (Lipinski definition) is 1. The van der Waals surface area contributed by atoms with Gasteiger partial charge in [0.15, 0.2) is 5.78 Å². The summed E-state index contributed by atoms with van der Waals surface area (Å²) >= 11 is 0. The maximum atomic E-state index is 12.3. The predicted molar refractivity (Wildman–Crippen MR) is 76.2 cm³/mol. The first-order valence-electron chi connectivity index (χ1n) is 7.12. The van der Waals surface area contributed by atoms with Gasteiger partial charge in [0.2, 0.25) is 0 Å². The molecule has 0 aliphatic carbocycles. The number of carbonyl (C=O) groups excluding carboxylic acids is 1. The molecule has 104 valence electrons. The molecule has 0 bridgehead atoms. The Morgan fingerprint density at radius 1 is 1.21 bits per heavy atom. The Kier molecular flexibility index (Phi) is 4.72. The Morgan fingerprint density at radius 2 is 1.79 bits per heavy atom. The maximum Gasteiger partial charge on any atom is 0.166 e. The lowest BCUT2D eigenvalue weighted by molar-refractivity contribution is 0.0902. The van der Waals surface area contributed by atoms with E-state index in [0.717, 1.165) is 30.8 Å². The molecular weight excluding hydrogens is 238 g/mol. The Labute approximate surface area is 115 Å². The van der Waals surface area contributed by atoms with Crippen LogP contribution in [0.25, 0.3) is 0 Å². The number of aliphatic hydroxyl groups excluding tert-OH is 1. The topological polar surface area (TPSA) is 40.5 Å². The van der Waals surface area contributed by atoms with Gasteiger partial charge in [-0.3, -0.25) is 4.79 Å². The number of Topliss-reactive ketones (excluding diaryl/α,β-unsaturated/α-hetero) is 1. The fraction of sp³-hybridized carbons (Fsp3) is 0.562. The van der Waals surface area contributed by atoms with Crippen LogP contribution in [0.5, 0.6) is 0 Å². The summed E-state index contributed by atoms with van der Waals surface area (Å²) in [5.41, 5.74) is 1.60. The number of benzene rings is 1. The highest BCUT2D eigenvalue weighted by Crippen LogP contribution is 2.17. The molecule has 3 heteroatoms. The van der Waals surface area contributed by atoms with Crippen LogP contribution in [0, 0.1) is 5.92 Å². The van der Waals surface area contributed by atoms with Crippen molar-refractivity contribution >= 4 is 5.78 Å². The second-order valence-corrected chi connectivity index (χ2v) is 5.57. The summed E-state index contributed by atoms with van der Waals surface area (Å²) in [5.74, 6) is 0.236. The predicted octanol–water partition coefficient (Wildman–Crippen LogP) is 2.65. The van der Waals surface area contributed by atoms with Gasteiger partial charge in [-0.05, 0) is 38.4 Å². The van der Waals surface area contributed by atoms with Gasteiger partial charge in [0.05, 0.1) is 6.10 Å². The van der Waals surface area contributed by atoms with Crippen molar-refractivity contribution in [1.82, 2.24) is 4.90 Å². The maximum absolute atomic E-state index is 12.3. The van der Waals surface area contributed by atoms with Crippen molar-refractivity contribution in [2.24, 2.45) is 5.92 Å². The number of ketones is 1. The van der Waals surface area contributed by atoms with E-state index in [-0.39, 0.29) is 11.7 Å². The standard InChI is InChI=1S/C16H23NO2/c1-12(11-17-9-3-4-10-17)16(19)15-7-5-14(6-8-15)13(2)18/h5-8,12-13,18H,3-4,9-11H2,1-2H3. The molecule has 19 heavy (non-hydrogen) atoms. The molecule has 2 atom stereocenters. The molecule has 0 amide bonds. The van der Waals surface area contributed by atoms with Crippen molar-refractivity contribution in [2.45, 2.75) is 32.8 Å². The Morgan fingerprint density at radius 3 is 2.32 bits per heavy atom. The molecule has 0 saturated carbocycles. The zero-order chi connectivity index (χ0) is 13.8. The molecule has 1 N–H and O–H groups in total. The molecule has 1 saturated heterocycles. The Hall–Kier alpha value is -1.19. The Balaban J connectivity index is 1.97. The number of hydrogen-bond acceptors (Lipinski definition) is 3. The van der Waals surface area contributed by atoms with Gasteiger partial charge in [-0.2, -0.15) is 0 Å². The lowest BCUT2D eigenvalue weighted by atomic mass is 9.97. The first kappa shape index (κ1) is 14.2. The number of rotatable bonds is 5. The molecule has 2 unspecified atom stereocenters. The van der Waals surface area contributed by atoms with Crippen LogP contribution < -0.4 is 0 Å². The van der Waals surface area contributed by atoms with Crippen molar-refractivity contribution in [3.8, 4) is 0 Å². The van der Waals surface area contributed by atoms with E-state index in [1.807, 2.05) is 31.2 Å². The van der Waals surface area contributed by atoms with Crippen LogP contribution in [0.4, 0.5) is 0 Å². The third-order valence-corrected chi connectivity index (χ3v) is 3.86. The van der Waals surface area contributed by atoms with Gasteiger partial charge in [-0.1, -0.05) is 31.2 Å². The van der Waals surface area contributed by atoms with Crippen LogP contribution in [0.1, 0.15) is 48.7 Å².